The van der Waals surface area contributed by atoms with Crippen LogP contribution in [0, 0.1) is 5.92 Å². The van der Waals surface area contributed by atoms with E-state index in [4.69, 9.17) is 5.73 Å². The number of nitrogens with zero attached hydrogens (tertiary/aromatic N) is 1. The van der Waals surface area contributed by atoms with Gasteiger partial charge in [0.2, 0.25) is 5.91 Å². The molecule has 94 valence electrons. The molecule has 2 atom stereocenters. The predicted octanol–water partition coefficient (Wildman–Crippen LogP) is 0.572. The molecular weight excluding hydrogens is 202 g/mol. The van der Waals surface area contributed by atoms with Gasteiger partial charge in [0.15, 0.2) is 0 Å². The second-order valence-corrected chi connectivity index (χ2v) is 4.64. The van der Waals surface area contributed by atoms with Crippen molar-refractivity contribution in [3.8, 4) is 0 Å². The number of carbonyl (C=O) groups is 1. The summed E-state index contributed by atoms with van der Waals surface area (Å²) in [5, 5.41) is 2.70. The first kappa shape index (κ1) is 13.5. The molecule has 1 amide bonds. The molecule has 1 fully saturated rings. The van der Waals surface area contributed by atoms with E-state index < -0.39 is 0 Å². The smallest absolute Gasteiger partial charge is 0.233 e. The van der Waals surface area contributed by atoms with Gasteiger partial charge in [-0.3, -0.25) is 9.69 Å². The van der Waals surface area contributed by atoms with Crippen molar-refractivity contribution in [3.05, 3.63) is 0 Å². The number of amides is 1. The highest BCUT2D eigenvalue weighted by Crippen LogP contribution is 2.29. The number of hydrogen-bond donors (Lipinski definition) is 2. The van der Waals surface area contributed by atoms with Gasteiger partial charge in [-0.1, -0.05) is 13.3 Å². The maximum Gasteiger partial charge on any atom is 0.233 e. The van der Waals surface area contributed by atoms with Crippen molar-refractivity contribution in [2.75, 3.05) is 26.7 Å². The summed E-state index contributed by atoms with van der Waals surface area (Å²) < 4.78 is 0. The van der Waals surface area contributed by atoms with Crippen LogP contribution in [0.5, 0.6) is 0 Å². The minimum absolute atomic E-state index is 0.108. The van der Waals surface area contributed by atoms with Crippen LogP contribution in [0.25, 0.3) is 0 Å². The normalized spacial score (nSPS) is 25.0. The van der Waals surface area contributed by atoms with Gasteiger partial charge in [0.25, 0.3) is 0 Å². The third-order valence-corrected chi connectivity index (χ3v) is 3.53. The molecule has 16 heavy (non-hydrogen) atoms. The Morgan fingerprint density at radius 3 is 2.81 bits per heavy atom. The van der Waals surface area contributed by atoms with Gasteiger partial charge in [0, 0.05) is 13.1 Å². The minimum atomic E-state index is 0.108. The van der Waals surface area contributed by atoms with Crippen molar-refractivity contribution in [2.45, 2.75) is 38.6 Å². The lowest BCUT2D eigenvalue weighted by atomic mass is 10.0. The molecule has 0 aliphatic heterocycles. The zero-order valence-electron chi connectivity index (χ0n) is 10.5. The number of hydrogen-bond acceptors (Lipinski definition) is 3. The van der Waals surface area contributed by atoms with Crippen LogP contribution >= 0.6 is 0 Å². The monoisotopic (exact) mass is 227 g/mol. The Morgan fingerprint density at radius 1 is 1.50 bits per heavy atom. The average Bonchev–Trinajstić information content (AvgIpc) is 2.76. The molecule has 0 aromatic carbocycles. The average molecular weight is 227 g/mol. The molecule has 3 N–H and O–H groups in total. The maximum absolute atomic E-state index is 11.5. The Hall–Kier alpha value is -0.610. The lowest BCUT2D eigenvalue weighted by molar-refractivity contribution is -0.122. The number of likely N-dealkylation sites (N-methyl/N-ethyl adjacent to an activating group) is 1. The summed E-state index contributed by atoms with van der Waals surface area (Å²) in [6, 6.07) is 0.516. The van der Waals surface area contributed by atoms with Crippen molar-refractivity contribution >= 4 is 5.91 Å². The quantitative estimate of drug-likeness (QED) is 0.697. The Labute approximate surface area is 98.6 Å². The van der Waals surface area contributed by atoms with E-state index in [1.807, 2.05) is 0 Å². The standard InChI is InChI=1S/C12H25N3O/c1-3-7-15(9-12(16)14-2)11-6-4-5-10(11)8-13/h10-11H,3-9,13H2,1-2H3,(H,14,16). The van der Waals surface area contributed by atoms with E-state index in [1.165, 1.54) is 19.3 Å². The van der Waals surface area contributed by atoms with Gasteiger partial charge in [-0.25, -0.2) is 0 Å². The summed E-state index contributed by atoms with van der Waals surface area (Å²) in [5.74, 6) is 0.687. The summed E-state index contributed by atoms with van der Waals surface area (Å²) in [5.41, 5.74) is 5.79. The fourth-order valence-electron chi connectivity index (χ4n) is 2.69. The maximum atomic E-state index is 11.5. The van der Waals surface area contributed by atoms with Gasteiger partial charge in [-0.15, -0.1) is 0 Å². The van der Waals surface area contributed by atoms with Gasteiger partial charge in [-0.05, 0) is 38.3 Å². The molecule has 2 unspecified atom stereocenters. The van der Waals surface area contributed by atoms with E-state index in [-0.39, 0.29) is 5.91 Å². The van der Waals surface area contributed by atoms with Gasteiger partial charge in [0.05, 0.1) is 6.54 Å². The summed E-state index contributed by atoms with van der Waals surface area (Å²) >= 11 is 0. The van der Waals surface area contributed by atoms with Gasteiger partial charge in [0.1, 0.15) is 0 Å². The number of rotatable bonds is 6. The highest BCUT2D eigenvalue weighted by Gasteiger charge is 2.31. The third kappa shape index (κ3) is 3.46. The molecule has 0 aromatic heterocycles. The lowest BCUT2D eigenvalue weighted by Gasteiger charge is -2.31. The first-order valence-corrected chi connectivity index (χ1v) is 6.37. The molecule has 0 saturated heterocycles. The van der Waals surface area contributed by atoms with E-state index in [9.17, 15) is 4.79 Å². The van der Waals surface area contributed by atoms with Crippen LogP contribution in [-0.2, 0) is 4.79 Å². The lowest BCUT2D eigenvalue weighted by Crippen LogP contribution is -2.45. The fourth-order valence-corrected chi connectivity index (χ4v) is 2.69. The van der Waals surface area contributed by atoms with E-state index in [0.717, 1.165) is 19.5 Å². The van der Waals surface area contributed by atoms with Crippen molar-refractivity contribution in [1.29, 1.82) is 0 Å². The molecule has 0 spiro atoms. The van der Waals surface area contributed by atoms with Gasteiger partial charge >= 0.3 is 0 Å². The Balaban J connectivity index is 2.57. The summed E-state index contributed by atoms with van der Waals surface area (Å²) in [7, 11) is 1.70. The second kappa shape index (κ2) is 6.86. The van der Waals surface area contributed by atoms with Crippen LogP contribution in [0.15, 0.2) is 0 Å². The summed E-state index contributed by atoms with van der Waals surface area (Å²) in [4.78, 5) is 13.8. The van der Waals surface area contributed by atoms with E-state index in [2.05, 4.69) is 17.1 Å². The van der Waals surface area contributed by atoms with Gasteiger partial charge in [-0.2, -0.15) is 0 Å². The summed E-state index contributed by atoms with van der Waals surface area (Å²) in [6.07, 6.45) is 4.75. The zero-order chi connectivity index (χ0) is 12.0. The molecule has 0 aromatic rings. The van der Waals surface area contributed by atoms with E-state index in [0.29, 0.717) is 18.5 Å². The molecule has 0 radical (unpaired) electrons. The van der Waals surface area contributed by atoms with Crippen LogP contribution < -0.4 is 11.1 Å². The van der Waals surface area contributed by atoms with E-state index >= 15 is 0 Å². The molecular formula is C12H25N3O. The van der Waals surface area contributed by atoms with Crippen LogP contribution in [0.2, 0.25) is 0 Å². The molecule has 0 heterocycles. The Bertz CT molecular complexity index is 220. The van der Waals surface area contributed by atoms with Crippen LogP contribution in [-0.4, -0.2) is 43.5 Å². The molecule has 4 heteroatoms. The largest absolute Gasteiger partial charge is 0.358 e. The number of nitrogens with two attached hydrogens (primary N) is 1. The fraction of sp³-hybridized carbons (Fsp3) is 0.917. The minimum Gasteiger partial charge on any atom is -0.358 e. The highest BCUT2D eigenvalue weighted by molar-refractivity contribution is 5.77. The second-order valence-electron chi connectivity index (χ2n) is 4.64. The molecule has 1 aliphatic carbocycles. The summed E-state index contributed by atoms with van der Waals surface area (Å²) in [6.45, 7) is 4.42. The van der Waals surface area contributed by atoms with Crippen molar-refractivity contribution < 1.29 is 4.79 Å². The SMILES string of the molecule is CCCN(CC(=O)NC)C1CCCC1CN. The zero-order valence-corrected chi connectivity index (χ0v) is 10.5. The highest BCUT2D eigenvalue weighted by atomic mass is 16.1. The van der Waals surface area contributed by atoms with Crippen LogP contribution in [0.3, 0.4) is 0 Å². The van der Waals surface area contributed by atoms with Crippen molar-refractivity contribution in [3.63, 3.8) is 0 Å². The molecule has 0 bridgehead atoms. The first-order chi connectivity index (χ1) is 7.72. The van der Waals surface area contributed by atoms with Crippen molar-refractivity contribution in [2.24, 2.45) is 11.7 Å². The van der Waals surface area contributed by atoms with Crippen LogP contribution in [0.1, 0.15) is 32.6 Å². The van der Waals surface area contributed by atoms with Crippen molar-refractivity contribution in [1.82, 2.24) is 10.2 Å². The molecule has 4 nitrogen and oxygen atoms in total. The third-order valence-electron chi connectivity index (χ3n) is 3.53. The first-order valence-electron chi connectivity index (χ1n) is 6.37. The Morgan fingerprint density at radius 2 is 2.25 bits per heavy atom. The van der Waals surface area contributed by atoms with Crippen LogP contribution in [0.4, 0.5) is 0 Å². The molecule has 1 saturated carbocycles. The predicted molar refractivity (Wildman–Crippen MR) is 66.1 cm³/mol. The molecule has 1 rings (SSSR count). The number of nitrogens with one attached hydrogen (secondary N) is 1. The Kier molecular flexibility index (Phi) is 5.77. The topological polar surface area (TPSA) is 58.4 Å². The molecule has 1 aliphatic rings. The van der Waals surface area contributed by atoms with Gasteiger partial charge < -0.3 is 11.1 Å². The van der Waals surface area contributed by atoms with E-state index in [1.54, 1.807) is 7.05 Å². The number of carbonyl (C=O) groups excluding carboxylic acids is 1.